The predicted octanol–water partition coefficient (Wildman–Crippen LogP) is 1.88. The molecule has 2 rings (SSSR count). The molecule has 8 heteroatoms. The molecule has 1 aromatic heterocycles. The van der Waals surface area contributed by atoms with Gasteiger partial charge >= 0.3 is 0 Å². The predicted molar refractivity (Wildman–Crippen MR) is 65.9 cm³/mol. The smallest absolute Gasteiger partial charge is 0.270 e. The molecule has 0 radical (unpaired) electrons. The molecule has 1 heterocycles. The summed E-state index contributed by atoms with van der Waals surface area (Å²) in [6, 6.07) is 5.08. The fourth-order valence-electron chi connectivity index (χ4n) is 1.18. The van der Waals surface area contributed by atoms with Gasteiger partial charge in [0.1, 0.15) is 0 Å². The second-order valence-electron chi connectivity index (χ2n) is 3.16. The number of anilines is 1. The Labute approximate surface area is 110 Å². The van der Waals surface area contributed by atoms with Crippen molar-refractivity contribution >= 4 is 39.4 Å². The van der Waals surface area contributed by atoms with Crippen LogP contribution in [0.25, 0.3) is 0 Å². The van der Waals surface area contributed by atoms with Crippen LogP contribution in [-0.4, -0.2) is 26.1 Å². The molecule has 0 saturated heterocycles. The van der Waals surface area contributed by atoms with Crippen LogP contribution in [0.2, 0.25) is 5.02 Å². The van der Waals surface area contributed by atoms with E-state index in [9.17, 15) is 4.79 Å². The standard InChI is InChI=1S/C9H7BrClN5O/c1-16-14-9(13-15-16)12-8(17)5-3-2-4-6(10)7(5)11/h2-4H,1H3,(H,12,14,17). The highest BCUT2D eigenvalue weighted by atomic mass is 79.9. The summed E-state index contributed by atoms with van der Waals surface area (Å²) in [5, 5.41) is 13.9. The maximum Gasteiger partial charge on any atom is 0.270 e. The quantitative estimate of drug-likeness (QED) is 0.918. The Morgan fingerprint density at radius 3 is 2.94 bits per heavy atom. The van der Waals surface area contributed by atoms with Gasteiger partial charge in [-0.1, -0.05) is 22.8 Å². The van der Waals surface area contributed by atoms with E-state index in [-0.39, 0.29) is 11.9 Å². The van der Waals surface area contributed by atoms with E-state index in [1.165, 1.54) is 4.80 Å². The molecule has 6 nitrogen and oxygen atoms in total. The maximum atomic E-state index is 11.9. The highest BCUT2D eigenvalue weighted by Gasteiger charge is 2.14. The van der Waals surface area contributed by atoms with Gasteiger partial charge in [-0.05, 0) is 33.3 Å². The maximum absolute atomic E-state index is 11.9. The van der Waals surface area contributed by atoms with Crippen molar-refractivity contribution in [1.29, 1.82) is 0 Å². The summed E-state index contributed by atoms with van der Waals surface area (Å²) < 4.78 is 0.652. The lowest BCUT2D eigenvalue weighted by Gasteiger charge is -2.04. The van der Waals surface area contributed by atoms with E-state index < -0.39 is 0 Å². The number of hydrogen-bond acceptors (Lipinski definition) is 4. The van der Waals surface area contributed by atoms with Gasteiger partial charge in [-0.2, -0.15) is 4.80 Å². The van der Waals surface area contributed by atoms with E-state index >= 15 is 0 Å². The van der Waals surface area contributed by atoms with Gasteiger partial charge in [0.25, 0.3) is 11.9 Å². The SMILES string of the molecule is Cn1nnc(NC(=O)c2cccc(Br)c2Cl)n1. The van der Waals surface area contributed by atoms with Crippen molar-refractivity contribution < 1.29 is 4.79 Å². The highest BCUT2D eigenvalue weighted by Crippen LogP contribution is 2.26. The van der Waals surface area contributed by atoms with Crippen molar-refractivity contribution in [1.82, 2.24) is 20.2 Å². The molecule has 0 unspecified atom stereocenters. The molecule has 0 spiro atoms. The molecule has 1 aromatic carbocycles. The summed E-state index contributed by atoms with van der Waals surface area (Å²) in [5.41, 5.74) is 0.341. The molecule has 0 fully saturated rings. The van der Waals surface area contributed by atoms with E-state index in [1.807, 2.05) is 0 Å². The molecular formula is C9H7BrClN5O. The Hall–Kier alpha value is -1.47. The fraction of sp³-hybridized carbons (Fsp3) is 0.111. The van der Waals surface area contributed by atoms with Gasteiger partial charge in [-0.3, -0.25) is 10.1 Å². The van der Waals surface area contributed by atoms with Crippen molar-refractivity contribution in [2.45, 2.75) is 0 Å². The zero-order valence-electron chi connectivity index (χ0n) is 8.69. The summed E-state index contributed by atoms with van der Waals surface area (Å²) in [7, 11) is 1.61. The second kappa shape index (κ2) is 4.80. The van der Waals surface area contributed by atoms with Crippen molar-refractivity contribution in [2.75, 3.05) is 5.32 Å². The number of benzene rings is 1. The number of rotatable bonds is 2. The molecule has 2 aromatic rings. The van der Waals surface area contributed by atoms with Crippen molar-refractivity contribution in [3.8, 4) is 0 Å². The number of amides is 1. The van der Waals surface area contributed by atoms with E-state index in [2.05, 4.69) is 36.7 Å². The minimum atomic E-state index is -0.385. The average Bonchev–Trinajstić information content (AvgIpc) is 2.68. The number of aryl methyl sites for hydroxylation is 1. The molecule has 1 amide bonds. The number of halogens is 2. The average molecular weight is 317 g/mol. The summed E-state index contributed by atoms with van der Waals surface area (Å²) in [5.74, 6) is -0.252. The Morgan fingerprint density at radius 2 is 2.29 bits per heavy atom. The van der Waals surface area contributed by atoms with Crippen molar-refractivity contribution in [2.24, 2.45) is 7.05 Å². The van der Waals surface area contributed by atoms with Gasteiger partial charge in [0.15, 0.2) is 0 Å². The fourth-order valence-corrected chi connectivity index (χ4v) is 1.76. The number of nitrogens with one attached hydrogen (secondary N) is 1. The van der Waals surface area contributed by atoms with Crippen LogP contribution in [-0.2, 0) is 7.05 Å². The highest BCUT2D eigenvalue weighted by molar-refractivity contribution is 9.10. The van der Waals surface area contributed by atoms with Gasteiger partial charge in [0, 0.05) is 4.47 Å². The summed E-state index contributed by atoms with van der Waals surface area (Å²) in [6.45, 7) is 0. The van der Waals surface area contributed by atoms with Crippen LogP contribution in [0.5, 0.6) is 0 Å². The summed E-state index contributed by atoms with van der Waals surface area (Å²) in [6.07, 6.45) is 0. The van der Waals surface area contributed by atoms with Crippen LogP contribution >= 0.6 is 27.5 Å². The van der Waals surface area contributed by atoms with E-state index in [4.69, 9.17) is 11.6 Å². The Bertz CT molecular complexity index is 570. The van der Waals surface area contributed by atoms with Crippen LogP contribution < -0.4 is 5.32 Å². The summed E-state index contributed by atoms with van der Waals surface area (Å²) >= 11 is 9.23. The number of carbonyl (C=O) groups excluding carboxylic acids is 1. The lowest BCUT2D eigenvalue weighted by Crippen LogP contribution is -2.13. The largest absolute Gasteiger partial charge is 0.288 e. The van der Waals surface area contributed by atoms with E-state index in [0.717, 1.165) is 0 Å². The summed E-state index contributed by atoms with van der Waals surface area (Å²) in [4.78, 5) is 13.1. The Balaban J connectivity index is 2.23. The number of hydrogen-bond donors (Lipinski definition) is 1. The van der Waals surface area contributed by atoms with Crippen LogP contribution in [0.1, 0.15) is 10.4 Å². The molecule has 0 aliphatic heterocycles. The topological polar surface area (TPSA) is 72.7 Å². The molecule has 0 saturated carbocycles. The normalized spacial score (nSPS) is 10.3. The number of nitrogens with zero attached hydrogens (tertiary/aromatic N) is 4. The van der Waals surface area contributed by atoms with Crippen LogP contribution in [0.3, 0.4) is 0 Å². The molecule has 1 N–H and O–H groups in total. The first-order chi connectivity index (χ1) is 8.08. The third-order valence-corrected chi connectivity index (χ3v) is 3.23. The third kappa shape index (κ3) is 2.62. The van der Waals surface area contributed by atoms with Gasteiger partial charge in [0.05, 0.1) is 17.6 Å². The molecule has 0 atom stereocenters. The van der Waals surface area contributed by atoms with Crippen molar-refractivity contribution in [3.63, 3.8) is 0 Å². The Morgan fingerprint density at radius 1 is 1.53 bits per heavy atom. The zero-order valence-corrected chi connectivity index (χ0v) is 11.0. The first-order valence-corrected chi connectivity index (χ1v) is 5.74. The van der Waals surface area contributed by atoms with Gasteiger partial charge in [-0.15, -0.1) is 5.10 Å². The van der Waals surface area contributed by atoms with Gasteiger partial charge in [0.2, 0.25) is 0 Å². The first kappa shape index (κ1) is 12.0. The van der Waals surface area contributed by atoms with Crippen LogP contribution in [0.15, 0.2) is 22.7 Å². The number of tetrazole rings is 1. The Kier molecular flexibility index (Phi) is 3.39. The van der Waals surface area contributed by atoms with E-state index in [1.54, 1.807) is 25.2 Å². The molecule has 0 aliphatic carbocycles. The minimum absolute atomic E-state index is 0.133. The lowest BCUT2D eigenvalue weighted by molar-refractivity contribution is 0.102. The van der Waals surface area contributed by atoms with Crippen molar-refractivity contribution in [3.05, 3.63) is 33.3 Å². The van der Waals surface area contributed by atoms with Gasteiger partial charge < -0.3 is 0 Å². The van der Waals surface area contributed by atoms with Gasteiger partial charge in [-0.25, -0.2) is 0 Å². The molecule has 17 heavy (non-hydrogen) atoms. The number of carbonyl (C=O) groups is 1. The molecular weight excluding hydrogens is 309 g/mol. The number of aromatic nitrogens is 4. The second-order valence-corrected chi connectivity index (χ2v) is 4.39. The first-order valence-electron chi connectivity index (χ1n) is 4.57. The van der Waals surface area contributed by atoms with Crippen LogP contribution in [0, 0.1) is 0 Å². The zero-order chi connectivity index (χ0) is 12.4. The third-order valence-electron chi connectivity index (χ3n) is 1.93. The van der Waals surface area contributed by atoms with Crippen LogP contribution in [0.4, 0.5) is 5.95 Å². The monoisotopic (exact) mass is 315 g/mol. The minimum Gasteiger partial charge on any atom is -0.288 e. The molecule has 0 bridgehead atoms. The molecule has 0 aliphatic rings. The van der Waals surface area contributed by atoms with E-state index in [0.29, 0.717) is 15.1 Å². The lowest BCUT2D eigenvalue weighted by atomic mass is 10.2. The molecule has 88 valence electrons.